The summed E-state index contributed by atoms with van der Waals surface area (Å²) in [5.74, 6) is 2.51. The van der Waals surface area contributed by atoms with Crippen molar-refractivity contribution >= 4 is 30.1 Å². The number of carbonyl (C=O) groups is 1. The number of hydrogen-bond acceptors (Lipinski definition) is 3. The van der Waals surface area contributed by atoms with Gasteiger partial charge in [0.2, 0.25) is 5.91 Å². The highest BCUT2D eigenvalue weighted by molar-refractivity contribution is 7.99. The van der Waals surface area contributed by atoms with Crippen molar-refractivity contribution < 1.29 is 4.79 Å². The van der Waals surface area contributed by atoms with Crippen LogP contribution in [0.15, 0.2) is 0 Å². The molecule has 2 aliphatic rings. The first-order valence-corrected chi connectivity index (χ1v) is 7.10. The van der Waals surface area contributed by atoms with Crippen LogP contribution in [0.3, 0.4) is 0 Å². The molecule has 16 heavy (non-hydrogen) atoms. The van der Waals surface area contributed by atoms with E-state index in [1.807, 2.05) is 16.7 Å². The van der Waals surface area contributed by atoms with Crippen LogP contribution in [0.1, 0.15) is 25.7 Å². The predicted octanol–water partition coefficient (Wildman–Crippen LogP) is 1.52. The van der Waals surface area contributed by atoms with Gasteiger partial charge in [0.15, 0.2) is 0 Å². The van der Waals surface area contributed by atoms with Crippen LogP contribution < -0.4 is 5.32 Å². The van der Waals surface area contributed by atoms with Gasteiger partial charge in [0.25, 0.3) is 0 Å². The van der Waals surface area contributed by atoms with E-state index in [1.54, 1.807) is 0 Å². The van der Waals surface area contributed by atoms with Crippen molar-refractivity contribution in [2.24, 2.45) is 0 Å². The topological polar surface area (TPSA) is 32.3 Å². The molecule has 3 nitrogen and oxygen atoms in total. The van der Waals surface area contributed by atoms with Crippen LogP contribution in [0.4, 0.5) is 0 Å². The van der Waals surface area contributed by atoms with Crippen LogP contribution in [0.25, 0.3) is 0 Å². The number of carbonyl (C=O) groups excluding carboxylic acids is 1. The molecule has 1 heterocycles. The number of nitrogens with one attached hydrogen (secondary N) is 1. The Morgan fingerprint density at radius 2 is 1.88 bits per heavy atom. The van der Waals surface area contributed by atoms with Gasteiger partial charge in [0, 0.05) is 30.6 Å². The van der Waals surface area contributed by atoms with Crippen LogP contribution in [-0.4, -0.2) is 48.0 Å². The normalized spacial score (nSPS) is 21.9. The number of rotatable bonds is 3. The standard InChI is InChI=1S/C11H20N2OS.ClH/c14-11(13-5-7-15-8-6-13)9-12-10-3-1-2-4-10;/h10,12H,1-9H2;1H. The summed E-state index contributed by atoms with van der Waals surface area (Å²) in [5.41, 5.74) is 0. The van der Waals surface area contributed by atoms with E-state index in [0.29, 0.717) is 18.5 Å². The molecular weight excluding hydrogens is 244 g/mol. The van der Waals surface area contributed by atoms with Crippen LogP contribution >= 0.6 is 24.2 Å². The summed E-state index contributed by atoms with van der Waals surface area (Å²) >= 11 is 1.95. The maximum absolute atomic E-state index is 11.8. The molecule has 0 bridgehead atoms. The van der Waals surface area contributed by atoms with Crippen LogP contribution in [-0.2, 0) is 4.79 Å². The highest BCUT2D eigenvalue weighted by Gasteiger charge is 2.19. The van der Waals surface area contributed by atoms with Gasteiger partial charge < -0.3 is 10.2 Å². The highest BCUT2D eigenvalue weighted by atomic mass is 35.5. The van der Waals surface area contributed by atoms with Crippen molar-refractivity contribution in [2.75, 3.05) is 31.1 Å². The second-order valence-corrected chi connectivity index (χ2v) is 5.58. The number of halogens is 1. The average Bonchev–Trinajstić information content (AvgIpc) is 2.80. The van der Waals surface area contributed by atoms with E-state index in [0.717, 1.165) is 24.6 Å². The molecule has 1 aliphatic carbocycles. The number of amides is 1. The van der Waals surface area contributed by atoms with E-state index >= 15 is 0 Å². The summed E-state index contributed by atoms with van der Waals surface area (Å²) < 4.78 is 0. The quantitative estimate of drug-likeness (QED) is 0.839. The summed E-state index contributed by atoms with van der Waals surface area (Å²) in [6, 6.07) is 0.605. The first kappa shape index (κ1) is 14.1. The monoisotopic (exact) mass is 264 g/mol. The molecule has 1 amide bonds. The van der Waals surface area contributed by atoms with Crippen LogP contribution in [0.2, 0.25) is 0 Å². The first-order valence-electron chi connectivity index (χ1n) is 5.95. The van der Waals surface area contributed by atoms with Gasteiger partial charge in [-0.2, -0.15) is 11.8 Å². The third-order valence-electron chi connectivity index (χ3n) is 3.26. The molecule has 0 radical (unpaired) electrons. The van der Waals surface area contributed by atoms with Crippen molar-refractivity contribution in [3.8, 4) is 0 Å². The highest BCUT2D eigenvalue weighted by Crippen LogP contribution is 2.17. The lowest BCUT2D eigenvalue weighted by molar-refractivity contribution is -0.130. The first-order chi connectivity index (χ1) is 7.36. The molecule has 2 rings (SSSR count). The molecule has 1 saturated heterocycles. The minimum absolute atomic E-state index is 0. The zero-order valence-corrected chi connectivity index (χ0v) is 11.2. The van der Waals surface area contributed by atoms with Crippen LogP contribution in [0, 0.1) is 0 Å². The Labute approximate surface area is 108 Å². The van der Waals surface area contributed by atoms with Gasteiger partial charge in [-0.15, -0.1) is 12.4 Å². The number of hydrogen-bond donors (Lipinski definition) is 1. The van der Waals surface area contributed by atoms with Crippen molar-refractivity contribution in [1.29, 1.82) is 0 Å². The Morgan fingerprint density at radius 1 is 1.25 bits per heavy atom. The lowest BCUT2D eigenvalue weighted by Crippen LogP contribution is -2.44. The van der Waals surface area contributed by atoms with Gasteiger partial charge >= 0.3 is 0 Å². The fourth-order valence-corrected chi connectivity index (χ4v) is 3.19. The lowest BCUT2D eigenvalue weighted by atomic mass is 10.2. The van der Waals surface area contributed by atoms with Crippen molar-refractivity contribution in [3.63, 3.8) is 0 Å². The van der Waals surface area contributed by atoms with Gasteiger partial charge in [-0.3, -0.25) is 4.79 Å². The third-order valence-corrected chi connectivity index (χ3v) is 4.20. The van der Waals surface area contributed by atoms with Crippen molar-refractivity contribution in [1.82, 2.24) is 10.2 Å². The predicted molar refractivity (Wildman–Crippen MR) is 71.4 cm³/mol. The molecule has 0 spiro atoms. The minimum atomic E-state index is 0. The average molecular weight is 265 g/mol. The van der Waals surface area contributed by atoms with Crippen molar-refractivity contribution in [2.45, 2.75) is 31.7 Å². The fourth-order valence-electron chi connectivity index (χ4n) is 2.29. The van der Waals surface area contributed by atoms with E-state index in [1.165, 1.54) is 25.7 Å². The van der Waals surface area contributed by atoms with Gasteiger partial charge in [-0.05, 0) is 12.8 Å². The van der Waals surface area contributed by atoms with E-state index in [2.05, 4.69) is 5.32 Å². The zero-order chi connectivity index (χ0) is 10.5. The molecule has 5 heteroatoms. The summed E-state index contributed by atoms with van der Waals surface area (Å²) in [7, 11) is 0. The largest absolute Gasteiger partial charge is 0.340 e. The maximum Gasteiger partial charge on any atom is 0.236 e. The minimum Gasteiger partial charge on any atom is -0.340 e. The Bertz CT molecular complexity index is 216. The molecule has 0 aromatic carbocycles. The molecule has 94 valence electrons. The van der Waals surface area contributed by atoms with E-state index < -0.39 is 0 Å². The van der Waals surface area contributed by atoms with Gasteiger partial charge in [-0.1, -0.05) is 12.8 Å². The molecule has 0 unspecified atom stereocenters. The van der Waals surface area contributed by atoms with Crippen molar-refractivity contribution in [3.05, 3.63) is 0 Å². The molecule has 1 aliphatic heterocycles. The molecular formula is C11H21ClN2OS. The Hall–Kier alpha value is 0.0700. The van der Waals surface area contributed by atoms with E-state index in [4.69, 9.17) is 0 Å². The smallest absolute Gasteiger partial charge is 0.236 e. The third kappa shape index (κ3) is 4.15. The summed E-state index contributed by atoms with van der Waals surface area (Å²) in [5, 5.41) is 3.38. The van der Waals surface area contributed by atoms with Gasteiger partial charge in [0.05, 0.1) is 6.54 Å². The SMILES string of the molecule is Cl.O=C(CNC1CCCC1)N1CCSCC1. The van der Waals surface area contributed by atoms with E-state index in [9.17, 15) is 4.79 Å². The lowest BCUT2D eigenvalue weighted by Gasteiger charge is -2.27. The Morgan fingerprint density at radius 3 is 2.50 bits per heavy atom. The van der Waals surface area contributed by atoms with E-state index in [-0.39, 0.29) is 12.4 Å². The molecule has 1 saturated carbocycles. The van der Waals surface area contributed by atoms with Crippen LogP contribution in [0.5, 0.6) is 0 Å². The Balaban J connectivity index is 0.00000128. The second-order valence-electron chi connectivity index (χ2n) is 4.36. The Kier molecular flexibility index (Phi) is 6.54. The van der Waals surface area contributed by atoms with Gasteiger partial charge in [0.1, 0.15) is 0 Å². The molecule has 0 atom stereocenters. The molecule has 2 fully saturated rings. The summed E-state index contributed by atoms with van der Waals surface area (Å²) in [6.07, 6.45) is 5.16. The molecule has 1 N–H and O–H groups in total. The summed E-state index contributed by atoms with van der Waals surface area (Å²) in [4.78, 5) is 13.8. The molecule has 0 aromatic heterocycles. The fraction of sp³-hybridized carbons (Fsp3) is 0.909. The number of thioether (sulfide) groups is 1. The number of nitrogens with zero attached hydrogens (tertiary/aromatic N) is 1. The summed E-state index contributed by atoms with van der Waals surface area (Å²) in [6.45, 7) is 2.43. The zero-order valence-electron chi connectivity index (χ0n) is 9.61. The second kappa shape index (κ2) is 7.41. The van der Waals surface area contributed by atoms with Gasteiger partial charge in [-0.25, -0.2) is 0 Å². The molecule has 0 aromatic rings. The maximum atomic E-state index is 11.8.